The van der Waals surface area contributed by atoms with E-state index in [0.717, 1.165) is 17.6 Å². The van der Waals surface area contributed by atoms with Crippen LogP contribution >= 0.6 is 0 Å². The second-order valence-corrected chi connectivity index (χ2v) is 12.2. The van der Waals surface area contributed by atoms with Gasteiger partial charge in [0, 0.05) is 46.2 Å². The zero-order valence-corrected chi connectivity index (χ0v) is 24.5. The molecule has 8 rings (SSSR count). The minimum absolute atomic E-state index is 0.0687. The van der Waals surface area contributed by atoms with E-state index in [0.29, 0.717) is 0 Å². The largest absolute Gasteiger partial charge is 0.345 e. The van der Waals surface area contributed by atoms with E-state index in [4.69, 9.17) is 0 Å². The summed E-state index contributed by atoms with van der Waals surface area (Å²) in [5, 5.41) is 0. The fraction of sp³-hybridized carbons (Fsp3) is 0.205. The summed E-state index contributed by atoms with van der Waals surface area (Å²) in [7, 11) is 0. The molecule has 3 heteroatoms. The highest BCUT2D eigenvalue weighted by Crippen LogP contribution is 2.73. The summed E-state index contributed by atoms with van der Waals surface area (Å²) in [6.07, 6.45) is 17.1. The molecular weight excluding hydrogens is 510 g/mol. The fourth-order valence-corrected chi connectivity index (χ4v) is 8.40. The zero-order chi connectivity index (χ0) is 28.6. The van der Waals surface area contributed by atoms with Crippen LogP contribution in [-0.2, 0) is 5.41 Å². The smallest absolute Gasteiger partial charge is 0.134 e. The molecule has 0 saturated heterocycles. The summed E-state index contributed by atoms with van der Waals surface area (Å²) in [5.41, 5.74) is 14.4. The highest BCUT2D eigenvalue weighted by molar-refractivity contribution is 6.01. The van der Waals surface area contributed by atoms with Crippen molar-refractivity contribution in [2.45, 2.75) is 50.7 Å². The van der Waals surface area contributed by atoms with Gasteiger partial charge in [-0.2, -0.15) is 0 Å². The van der Waals surface area contributed by atoms with Crippen LogP contribution in [0.3, 0.4) is 0 Å². The van der Waals surface area contributed by atoms with Crippen LogP contribution < -0.4 is 4.90 Å². The highest BCUT2D eigenvalue weighted by atomic mass is 15.5. The number of nitrogens with zero attached hydrogens (tertiary/aromatic N) is 3. The Balaban J connectivity index is 1.47. The lowest BCUT2D eigenvalue weighted by molar-refractivity contribution is 0.173. The van der Waals surface area contributed by atoms with Crippen LogP contribution in [0.5, 0.6) is 0 Å². The topological polar surface area (TPSA) is 19.4 Å². The maximum atomic E-state index is 4.34. The van der Waals surface area contributed by atoms with E-state index in [1.165, 1.54) is 51.2 Å². The minimum Gasteiger partial charge on any atom is -0.345 e. The highest BCUT2D eigenvalue weighted by Gasteiger charge is 2.73. The van der Waals surface area contributed by atoms with E-state index in [-0.39, 0.29) is 17.1 Å². The second kappa shape index (κ2) is 8.93. The molecule has 42 heavy (non-hydrogen) atoms. The van der Waals surface area contributed by atoms with Gasteiger partial charge < -0.3 is 9.80 Å². The average molecular weight is 546 g/mol. The van der Waals surface area contributed by atoms with Crippen molar-refractivity contribution in [2.75, 3.05) is 4.90 Å². The van der Waals surface area contributed by atoms with E-state index in [1.54, 1.807) is 5.56 Å². The molecule has 1 fully saturated rings. The van der Waals surface area contributed by atoms with Crippen LogP contribution in [0, 0.1) is 0 Å². The van der Waals surface area contributed by atoms with Gasteiger partial charge in [0.25, 0.3) is 0 Å². The minimum atomic E-state index is 0.0687. The Kier molecular flexibility index (Phi) is 5.34. The predicted molar refractivity (Wildman–Crippen MR) is 175 cm³/mol. The molecule has 206 valence electrons. The summed E-state index contributed by atoms with van der Waals surface area (Å²) < 4.78 is 0. The number of allylic oxidation sites excluding steroid dienone is 5. The van der Waals surface area contributed by atoms with Crippen LogP contribution in [0.15, 0.2) is 122 Å². The van der Waals surface area contributed by atoms with Crippen LogP contribution in [-0.4, -0.2) is 15.4 Å². The summed E-state index contributed by atoms with van der Waals surface area (Å²) in [5.74, 6) is 0. The van der Waals surface area contributed by atoms with Crippen molar-refractivity contribution < 1.29 is 0 Å². The van der Waals surface area contributed by atoms with Crippen molar-refractivity contribution in [3.63, 3.8) is 0 Å². The molecule has 0 amide bonds. The standard InChI is InChI=1S/C39H35N3/c1-5-12-26(13-6-2)28-15-10-16-29(27-20-22-40-23-21-27)35(28)34-24-41-37-36-31(30-14-8-9-19-33(30)42(34)37)17-11-18-32(36)39(7-3)25-38(39,41)4/h5-6,8-24,37H,1,7,25H2,2-4H3/b13-6-,26-12+. The molecule has 1 aromatic heterocycles. The molecule has 4 aromatic rings. The number of pyridine rings is 1. The Morgan fingerprint density at radius 2 is 1.74 bits per heavy atom. The first-order valence-corrected chi connectivity index (χ1v) is 15.1. The number of para-hydroxylation sites is 1. The van der Waals surface area contributed by atoms with Gasteiger partial charge in [0.2, 0.25) is 0 Å². The van der Waals surface area contributed by atoms with Gasteiger partial charge in [-0.25, -0.2) is 0 Å². The third kappa shape index (κ3) is 3.09. The molecule has 0 radical (unpaired) electrons. The fourth-order valence-electron chi connectivity index (χ4n) is 8.40. The van der Waals surface area contributed by atoms with E-state index in [1.807, 2.05) is 18.5 Å². The first-order chi connectivity index (χ1) is 20.6. The average Bonchev–Trinajstić information content (AvgIpc) is 3.49. The Labute approximate surface area is 248 Å². The van der Waals surface area contributed by atoms with E-state index < -0.39 is 0 Å². The maximum absolute atomic E-state index is 4.34. The van der Waals surface area contributed by atoms with Crippen molar-refractivity contribution in [2.24, 2.45) is 0 Å². The normalized spacial score (nSPS) is 24.7. The second-order valence-electron chi connectivity index (χ2n) is 12.2. The third-order valence-electron chi connectivity index (χ3n) is 10.4. The summed E-state index contributed by atoms with van der Waals surface area (Å²) in [4.78, 5) is 9.69. The lowest BCUT2D eigenvalue weighted by atomic mass is 9.76. The molecule has 3 unspecified atom stereocenters. The van der Waals surface area contributed by atoms with Crippen LogP contribution in [0.25, 0.3) is 33.5 Å². The predicted octanol–water partition coefficient (Wildman–Crippen LogP) is 9.52. The summed E-state index contributed by atoms with van der Waals surface area (Å²) in [6.45, 7) is 11.0. The molecule has 1 aliphatic carbocycles. The van der Waals surface area contributed by atoms with Gasteiger partial charge >= 0.3 is 0 Å². The monoisotopic (exact) mass is 545 g/mol. The number of benzene rings is 3. The molecule has 3 aromatic carbocycles. The summed E-state index contributed by atoms with van der Waals surface area (Å²) in [6, 6.07) is 27.0. The van der Waals surface area contributed by atoms with Gasteiger partial charge in [0.05, 0.1) is 11.4 Å². The van der Waals surface area contributed by atoms with E-state index in [2.05, 4.69) is 139 Å². The lowest BCUT2D eigenvalue weighted by Gasteiger charge is -2.49. The number of anilines is 1. The van der Waals surface area contributed by atoms with E-state index >= 15 is 0 Å². The number of hydrogen-bond acceptors (Lipinski definition) is 3. The number of aromatic nitrogens is 1. The molecular formula is C39H35N3. The van der Waals surface area contributed by atoms with Gasteiger partial charge in [-0.15, -0.1) is 0 Å². The number of hydrogen-bond donors (Lipinski definition) is 0. The van der Waals surface area contributed by atoms with Crippen molar-refractivity contribution in [3.8, 4) is 22.3 Å². The van der Waals surface area contributed by atoms with Crippen molar-refractivity contribution in [1.29, 1.82) is 0 Å². The van der Waals surface area contributed by atoms with Gasteiger partial charge in [-0.05, 0) is 78.3 Å². The first kappa shape index (κ1) is 25.1. The van der Waals surface area contributed by atoms with Gasteiger partial charge in [0.15, 0.2) is 0 Å². The third-order valence-corrected chi connectivity index (χ3v) is 10.4. The van der Waals surface area contributed by atoms with Gasteiger partial charge in [0.1, 0.15) is 6.17 Å². The van der Waals surface area contributed by atoms with Gasteiger partial charge in [-0.3, -0.25) is 4.98 Å². The lowest BCUT2D eigenvalue weighted by Crippen LogP contribution is -2.48. The molecule has 4 heterocycles. The SMILES string of the molecule is C=C/C=C(\C=C/C)c1cccc(-c2ccncc2)c1C1=CN2C3c4c(cccc4C4(CC)CC24C)-c2ccccc2N13. The van der Waals surface area contributed by atoms with Crippen molar-refractivity contribution in [1.82, 2.24) is 9.88 Å². The zero-order valence-electron chi connectivity index (χ0n) is 24.5. The first-order valence-electron chi connectivity index (χ1n) is 15.1. The van der Waals surface area contributed by atoms with Crippen LogP contribution in [0.1, 0.15) is 62.0 Å². The van der Waals surface area contributed by atoms with Gasteiger partial charge in [-0.1, -0.05) is 92.4 Å². The molecule has 1 saturated carbocycles. The molecule has 4 aliphatic rings. The number of rotatable bonds is 6. The molecule has 0 bridgehead atoms. The number of fused-ring (bicyclic) bond motifs is 6. The molecule has 0 spiro atoms. The Morgan fingerprint density at radius 1 is 0.976 bits per heavy atom. The molecule has 3 atom stereocenters. The van der Waals surface area contributed by atoms with Crippen molar-refractivity contribution in [3.05, 3.63) is 145 Å². The Bertz CT molecular complexity index is 1860. The summed E-state index contributed by atoms with van der Waals surface area (Å²) >= 11 is 0. The van der Waals surface area contributed by atoms with E-state index in [9.17, 15) is 0 Å². The Hall–Kier alpha value is -4.63. The van der Waals surface area contributed by atoms with Crippen LogP contribution in [0.2, 0.25) is 0 Å². The molecule has 3 aliphatic heterocycles. The quantitative estimate of drug-likeness (QED) is 0.225. The van der Waals surface area contributed by atoms with Crippen LogP contribution in [0.4, 0.5) is 5.69 Å². The molecule has 3 nitrogen and oxygen atoms in total. The maximum Gasteiger partial charge on any atom is 0.134 e. The molecule has 0 N–H and O–H groups in total. The Morgan fingerprint density at radius 3 is 2.52 bits per heavy atom. The van der Waals surface area contributed by atoms with Crippen molar-refractivity contribution >= 4 is 17.0 Å².